The molecule has 0 bridgehead atoms. The Hall–Kier alpha value is -0.610. The zero-order valence-corrected chi connectivity index (χ0v) is 11.8. The van der Waals surface area contributed by atoms with Crippen LogP contribution in [0, 0.1) is 5.92 Å². The molecule has 1 rings (SSSR count). The van der Waals surface area contributed by atoms with Crippen molar-refractivity contribution < 1.29 is 9.53 Å². The van der Waals surface area contributed by atoms with Gasteiger partial charge in [0.1, 0.15) is 0 Å². The van der Waals surface area contributed by atoms with Crippen LogP contribution in [0.3, 0.4) is 0 Å². The van der Waals surface area contributed by atoms with E-state index in [2.05, 4.69) is 24.5 Å². The number of rotatable bonds is 9. The first-order valence-corrected chi connectivity index (χ1v) is 7.26. The monoisotopic (exact) mass is 256 g/mol. The second-order valence-corrected chi connectivity index (χ2v) is 5.52. The molecule has 1 saturated carbocycles. The lowest BCUT2D eigenvalue weighted by Gasteiger charge is -2.12. The van der Waals surface area contributed by atoms with Crippen molar-refractivity contribution in [3.05, 3.63) is 0 Å². The predicted octanol–water partition coefficient (Wildman–Crippen LogP) is 1.70. The minimum Gasteiger partial charge on any atom is -0.380 e. The van der Waals surface area contributed by atoms with Gasteiger partial charge in [-0.3, -0.25) is 4.79 Å². The summed E-state index contributed by atoms with van der Waals surface area (Å²) in [6.07, 6.45) is 5.89. The molecule has 18 heavy (non-hydrogen) atoms. The molecule has 0 spiro atoms. The van der Waals surface area contributed by atoms with Gasteiger partial charge in [-0.2, -0.15) is 0 Å². The molecule has 0 aromatic carbocycles. The highest BCUT2D eigenvalue weighted by Crippen LogP contribution is 2.17. The molecule has 0 aromatic heterocycles. The van der Waals surface area contributed by atoms with Crippen molar-refractivity contribution in [1.29, 1.82) is 0 Å². The van der Waals surface area contributed by atoms with Crippen LogP contribution >= 0.6 is 0 Å². The average Bonchev–Trinajstić information content (AvgIpc) is 2.80. The average molecular weight is 256 g/mol. The van der Waals surface area contributed by atoms with Crippen LogP contribution in [0.5, 0.6) is 0 Å². The fourth-order valence-corrected chi connectivity index (χ4v) is 2.12. The van der Waals surface area contributed by atoms with Crippen LogP contribution in [0.15, 0.2) is 0 Å². The quantitative estimate of drug-likeness (QED) is 0.617. The molecule has 1 aliphatic carbocycles. The van der Waals surface area contributed by atoms with Crippen LogP contribution in [-0.2, 0) is 9.53 Å². The molecular weight excluding hydrogens is 228 g/mol. The number of amides is 1. The Morgan fingerprint density at radius 1 is 1.28 bits per heavy atom. The van der Waals surface area contributed by atoms with Crippen molar-refractivity contribution in [1.82, 2.24) is 10.6 Å². The second-order valence-electron chi connectivity index (χ2n) is 5.52. The highest BCUT2D eigenvalue weighted by molar-refractivity contribution is 5.78. The number of carbonyl (C=O) groups is 1. The Balaban J connectivity index is 1.86. The van der Waals surface area contributed by atoms with Gasteiger partial charge < -0.3 is 15.4 Å². The maximum absolute atomic E-state index is 11.6. The van der Waals surface area contributed by atoms with E-state index in [1.165, 1.54) is 12.8 Å². The molecule has 0 aliphatic heterocycles. The first kappa shape index (κ1) is 15.4. The van der Waals surface area contributed by atoms with Gasteiger partial charge in [-0.15, -0.1) is 0 Å². The van der Waals surface area contributed by atoms with Crippen molar-refractivity contribution in [3.8, 4) is 0 Å². The van der Waals surface area contributed by atoms with E-state index in [0.717, 1.165) is 32.4 Å². The number of hydrogen-bond donors (Lipinski definition) is 2. The van der Waals surface area contributed by atoms with E-state index in [0.29, 0.717) is 25.1 Å². The third-order valence-corrected chi connectivity index (χ3v) is 3.27. The van der Waals surface area contributed by atoms with E-state index in [4.69, 9.17) is 4.74 Å². The summed E-state index contributed by atoms with van der Waals surface area (Å²) >= 11 is 0. The molecular formula is C14H28N2O2. The molecule has 0 unspecified atom stereocenters. The SMILES string of the molecule is CC(C)CCOCCNCC(=O)NC1CCCC1. The van der Waals surface area contributed by atoms with Gasteiger partial charge in [0.25, 0.3) is 0 Å². The third kappa shape index (κ3) is 7.67. The Kier molecular flexibility index (Phi) is 8.01. The maximum Gasteiger partial charge on any atom is 0.234 e. The van der Waals surface area contributed by atoms with Crippen LogP contribution in [0.25, 0.3) is 0 Å². The van der Waals surface area contributed by atoms with Crippen LogP contribution in [0.1, 0.15) is 46.0 Å². The van der Waals surface area contributed by atoms with E-state index >= 15 is 0 Å². The normalized spacial score (nSPS) is 16.4. The van der Waals surface area contributed by atoms with Crippen LogP contribution in [0.4, 0.5) is 0 Å². The summed E-state index contributed by atoms with van der Waals surface area (Å²) in [5.74, 6) is 0.805. The van der Waals surface area contributed by atoms with Crippen LogP contribution in [0.2, 0.25) is 0 Å². The van der Waals surface area contributed by atoms with Crippen molar-refractivity contribution >= 4 is 5.91 Å². The molecule has 1 fully saturated rings. The third-order valence-electron chi connectivity index (χ3n) is 3.27. The number of nitrogens with one attached hydrogen (secondary N) is 2. The lowest BCUT2D eigenvalue weighted by molar-refractivity contribution is -0.120. The minimum absolute atomic E-state index is 0.115. The summed E-state index contributed by atoms with van der Waals surface area (Å²) < 4.78 is 5.47. The Labute approximate surface area is 111 Å². The summed E-state index contributed by atoms with van der Waals surface area (Å²) in [5.41, 5.74) is 0. The molecule has 1 aliphatic rings. The summed E-state index contributed by atoms with van der Waals surface area (Å²) in [5, 5.41) is 6.16. The molecule has 0 heterocycles. The number of hydrogen-bond acceptors (Lipinski definition) is 3. The number of carbonyl (C=O) groups excluding carboxylic acids is 1. The first-order chi connectivity index (χ1) is 8.68. The Morgan fingerprint density at radius 3 is 2.67 bits per heavy atom. The van der Waals surface area contributed by atoms with E-state index in [1.54, 1.807) is 0 Å². The zero-order chi connectivity index (χ0) is 13.2. The van der Waals surface area contributed by atoms with Gasteiger partial charge in [0.2, 0.25) is 5.91 Å². The standard InChI is InChI=1S/C14H28N2O2/c1-12(2)7-9-18-10-8-15-11-14(17)16-13-5-3-4-6-13/h12-13,15H,3-11H2,1-2H3,(H,16,17). The van der Waals surface area contributed by atoms with E-state index in [-0.39, 0.29) is 5.91 Å². The van der Waals surface area contributed by atoms with Crippen molar-refractivity contribution in [3.63, 3.8) is 0 Å². The topological polar surface area (TPSA) is 50.4 Å². The largest absolute Gasteiger partial charge is 0.380 e. The summed E-state index contributed by atoms with van der Waals surface area (Å²) in [7, 11) is 0. The predicted molar refractivity (Wildman–Crippen MR) is 73.5 cm³/mol. The van der Waals surface area contributed by atoms with Gasteiger partial charge >= 0.3 is 0 Å². The fraction of sp³-hybridized carbons (Fsp3) is 0.929. The maximum atomic E-state index is 11.6. The molecule has 2 N–H and O–H groups in total. The molecule has 4 heteroatoms. The molecule has 1 amide bonds. The van der Waals surface area contributed by atoms with Crippen LogP contribution in [-0.4, -0.2) is 38.3 Å². The highest BCUT2D eigenvalue weighted by atomic mass is 16.5. The van der Waals surface area contributed by atoms with Crippen LogP contribution < -0.4 is 10.6 Å². The zero-order valence-electron chi connectivity index (χ0n) is 11.8. The van der Waals surface area contributed by atoms with Gasteiger partial charge in [0.15, 0.2) is 0 Å². The van der Waals surface area contributed by atoms with Crippen molar-refractivity contribution in [2.75, 3.05) is 26.3 Å². The fourth-order valence-electron chi connectivity index (χ4n) is 2.12. The van der Waals surface area contributed by atoms with E-state index < -0.39 is 0 Å². The van der Waals surface area contributed by atoms with Gasteiger partial charge in [-0.1, -0.05) is 26.7 Å². The highest BCUT2D eigenvalue weighted by Gasteiger charge is 2.16. The van der Waals surface area contributed by atoms with Gasteiger partial charge in [0, 0.05) is 19.2 Å². The van der Waals surface area contributed by atoms with Gasteiger partial charge in [-0.05, 0) is 25.2 Å². The lowest BCUT2D eigenvalue weighted by Crippen LogP contribution is -2.39. The Bertz CT molecular complexity index is 226. The second kappa shape index (κ2) is 9.34. The minimum atomic E-state index is 0.115. The Morgan fingerprint density at radius 2 is 2.00 bits per heavy atom. The van der Waals surface area contributed by atoms with Gasteiger partial charge in [0.05, 0.1) is 13.2 Å². The van der Waals surface area contributed by atoms with Gasteiger partial charge in [-0.25, -0.2) is 0 Å². The number of ether oxygens (including phenoxy) is 1. The first-order valence-electron chi connectivity index (χ1n) is 7.26. The molecule has 0 aromatic rings. The lowest BCUT2D eigenvalue weighted by atomic mass is 10.1. The molecule has 106 valence electrons. The molecule has 0 radical (unpaired) electrons. The molecule has 0 saturated heterocycles. The van der Waals surface area contributed by atoms with E-state index in [1.807, 2.05) is 0 Å². The smallest absolute Gasteiger partial charge is 0.234 e. The summed E-state index contributed by atoms with van der Waals surface area (Å²) in [4.78, 5) is 11.6. The van der Waals surface area contributed by atoms with Crippen molar-refractivity contribution in [2.45, 2.75) is 52.0 Å². The summed E-state index contributed by atoms with van der Waals surface area (Å²) in [6, 6.07) is 0.418. The summed E-state index contributed by atoms with van der Waals surface area (Å²) in [6.45, 7) is 7.03. The molecule has 0 atom stereocenters. The van der Waals surface area contributed by atoms with Crippen molar-refractivity contribution in [2.24, 2.45) is 5.92 Å². The van der Waals surface area contributed by atoms with E-state index in [9.17, 15) is 4.79 Å². The molecule has 4 nitrogen and oxygen atoms in total.